The van der Waals surface area contributed by atoms with Crippen LogP contribution in [-0.4, -0.2) is 0 Å². The van der Waals surface area contributed by atoms with Gasteiger partial charge in [0.15, 0.2) is 0 Å². The third-order valence-electron chi connectivity index (χ3n) is 4.68. The molecule has 0 aliphatic heterocycles. The Labute approximate surface area is 148 Å². The fraction of sp³-hybridized carbons (Fsp3) is 0.417. The van der Waals surface area contributed by atoms with Crippen molar-refractivity contribution in [3.05, 3.63) is 76.4 Å². The maximum absolute atomic E-state index is 2.44. The third kappa shape index (κ3) is 4.60. The molecule has 0 unspecified atom stereocenters. The van der Waals surface area contributed by atoms with Gasteiger partial charge < -0.3 is 0 Å². The monoisotopic (exact) mass is 320 g/mol. The lowest BCUT2D eigenvalue weighted by atomic mass is 9.83. The van der Waals surface area contributed by atoms with Crippen molar-refractivity contribution in [2.75, 3.05) is 0 Å². The van der Waals surface area contributed by atoms with Gasteiger partial charge in [-0.15, -0.1) is 0 Å². The average Bonchev–Trinajstić information content (AvgIpc) is 2.55. The minimum Gasteiger partial charge on any atom is -0.0795 e. The Morgan fingerprint density at radius 2 is 1.29 bits per heavy atom. The van der Waals surface area contributed by atoms with E-state index in [9.17, 15) is 0 Å². The average molecular weight is 321 g/mol. The molecule has 2 aromatic rings. The van der Waals surface area contributed by atoms with Crippen molar-refractivity contribution in [3.63, 3.8) is 0 Å². The van der Waals surface area contributed by atoms with E-state index in [0.717, 1.165) is 6.42 Å². The van der Waals surface area contributed by atoms with Gasteiger partial charge in [0.25, 0.3) is 0 Å². The van der Waals surface area contributed by atoms with Gasteiger partial charge >= 0.3 is 0 Å². The highest BCUT2D eigenvalue weighted by Crippen LogP contribution is 2.32. The standard InChI is InChI=1S/C24H32/c1-17(2)21-15-23(18(3)4)22(24(16-21)19(5)6)14-10-13-20-11-8-7-9-12-20/h7-13,15-19H,14H2,1-6H3/b13-10+. The topological polar surface area (TPSA) is 0 Å². The molecule has 2 rings (SSSR count). The summed E-state index contributed by atoms with van der Waals surface area (Å²) in [5.74, 6) is 1.69. The molecule has 0 spiro atoms. The van der Waals surface area contributed by atoms with Crippen LogP contribution in [0.25, 0.3) is 6.08 Å². The second-order valence-electron chi connectivity index (χ2n) is 7.66. The smallest absolute Gasteiger partial charge is 0.00884 e. The van der Waals surface area contributed by atoms with Crippen LogP contribution in [0.5, 0.6) is 0 Å². The zero-order valence-electron chi connectivity index (χ0n) is 16.1. The Balaban J connectivity index is 2.41. The molecule has 0 amide bonds. The van der Waals surface area contributed by atoms with Gasteiger partial charge in [-0.3, -0.25) is 0 Å². The van der Waals surface area contributed by atoms with Crippen molar-refractivity contribution < 1.29 is 0 Å². The second-order valence-corrected chi connectivity index (χ2v) is 7.66. The van der Waals surface area contributed by atoms with Crippen LogP contribution in [0.3, 0.4) is 0 Å². The van der Waals surface area contributed by atoms with Gasteiger partial charge in [0.05, 0.1) is 0 Å². The van der Waals surface area contributed by atoms with Crippen molar-refractivity contribution >= 4 is 6.08 Å². The van der Waals surface area contributed by atoms with Crippen LogP contribution in [0.15, 0.2) is 48.5 Å². The highest BCUT2D eigenvalue weighted by atomic mass is 14.2. The molecule has 0 bridgehead atoms. The number of benzene rings is 2. The van der Waals surface area contributed by atoms with E-state index < -0.39 is 0 Å². The molecular weight excluding hydrogens is 288 g/mol. The SMILES string of the molecule is CC(C)c1cc(C(C)C)c(C/C=C/c2ccccc2)c(C(C)C)c1. The second kappa shape index (κ2) is 8.33. The lowest BCUT2D eigenvalue weighted by Crippen LogP contribution is -2.06. The molecule has 0 radical (unpaired) electrons. The van der Waals surface area contributed by atoms with E-state index in [4.69, 9.17) is 0 Å². The summed E-state index contributed by atoms with van der Waals surface area (Å²) in [6.07, 6.45) is 5.57. The fourth-order valence-corrected chi connectivity index (χ4v) is 3.22. The van der Waals surface area contributed by atoms with Crippen LogP contribution in [0.1, 0.15) is 87.1 Å². The summed E-state index contributed by atoms with van der Waals surface area (Å²) in [6.45, 7) is 13.8. The van der Waals surface area contributed by atoms with Crippen LogP contribution >= 0.6 is 0 Å². The van der Waals surface area contributed by atoms with Crippen LogP contribution in [0.4, 0.5) is 0 Å². The quantitative estimate of drug-likeness (QED) is 0.523. The predicted octanol–water partition coefficient (Wildman–Crippen LogP) is 7.31. The van der Waals surface area contributed by atoms with Crippen molar-refractivity contribution in [2.24, 2.45) is 0 Å². The molecule has 0 atom stereocenters. The number of hydrogen-bond acceptors (Lipinski definition) is 0. The summed E-state index contributed by atoms with van der Waals surface area (Å²) in [5.41, 5.74) is 7.30. The Hall–Kier alpha value is -1.82. The highest BCUT2D eigenvalue weighted by molar-refractivity contribution is 5.51. The first-order valence-corrected chi connectivity index (χ1v) is 9.28. The molecule has 0 nitrogen and oxygen atoms in total. The maximum atomic E-state index is 2.44. The molecule has 0 heteroatoms. The molecule has 0 aliphatic carbocycles. The van der Waals surface area contributed by atoms with Gasteiger partial charge in [-0.2, -0.15) is 0 Å². The molecule has 0 aliphatic rings. The lowest BCUT2D eigenvalue weighted by molar-refractivity contribution is 0.785. The van der Waals surface area contributed by atoms with E-state index in [2.05, 4.69) is 96.2 Å². The zero-order valence-corrected chi connectivity index (χ0v) is 16.1. The van der Waals surface area contributed by atoms with E-state index in [-0.39, 0.29) is 0 Å². The van der Waals surface area contributed by atoms with Gasteiger partial charge in [-0.05, 0) is 52.0 Å². The summed E-state index contributed by atoms with van der Waals surface area (Å²) in [5, 5.41) is 0. The summed E-state index contributed by atoms with van der Waals surface area (Å²) >= 11 is 0. The first-order chi connectivity index (χ1) is 11.4. The Morgan fingerprint density at radius 1 is 0.750 bits per heavy atom. The van der Waals surface area contributed by atoms with Gasteiger partial charge in [0, 0.05) is 0 Å². The molecule has 24 heavy (non-hydrogen) atoms. The summed E-state index contributed by atoms with van der Waals surface area (Å²) in [6, 6.07) is 15.4. The van der Waals surface area contributed by atoms with Crippen molar-refractivity contribution in [1.29, 1.82) is 0 Å². The molecule has 2 aromatic carbocycles. The zero-order chi connectivity index (χ0) is 17.7. The normalized spacial score (nSPS) is 12.0. The summed E-state index contributed by atoms with van der Waals surface area (Å²) in [4.78, 5) is 0. The molecule has 128 valence electrons. The van der Waals surface area contributed by atoms with Gasteiger partial charge in [0.1, 0.15) is 0 Å². The molecule has 0 saturated carbocycles. The molecule has 0 aromatic heterocycles. The van der Waals surface area contributed by atoms with Crippen LogP contribution < -0.4 is 0 Å². The van der Waals surface area contributed by atoms with E-state index >= 15 is 0 Å². The van der Waals surface area contributed by atoms with Crippen LogP contribution in [0.2, 0.25) is 0 Å². The number of allylic oxidation sites excluding steroid dienone is 1. The van der Waals surface area contributed by atoms with E-state index in [1.807, 2.05) is 0 Å². The first-order valence-electron chi connectivity index (χ1n) is 9.28. The summed E-state index contributed by atoms with van der Waals surface area (Å²) < 4.78 is 0. The fourth-order valence-electron chi connectivity index (χ4n) is 3.22. The van der Waals surface area contributed by atoms with E-state index in [1.165, 1.54) is 27.8 Å². The van der Waals surface area contributed by atoms with Crippen molar-refractivity contribution in [1.82, 2.24) is 0 Å². The highest BCUT2D eigenvalue weighted by Gasteiger charge is 2.16. The largest absolute Gasteiger partial charge is 0.0795 e. The minimum absolute atomic E-state index is 0.557. The summed E-state index contributed by atoms with van der Waals surface area (Å²) in [7, 11) is 0. The van der Waals surface area contributed by atoms with Crippen molar-refractivity contribution in [2.45, 2.75) is 65.7 Å². The Kier molecular flexibility index (Phi) is 6.43. The molecule has 0 saturated heterocycles. The van der Waals surface area contributed by atoms with Gasteiger partial charge in [-0.1, -0.05) is 96.2 Å². The maximum Gasteiger partial charge on any atom is -0.00884 e. The van der Waals surface area contributed by atoms with Crippen LogP contribution in [-0.2, 0) is 6.42 Å². The molecule has 0 N–H and O–H groups in total. The molecular formula is C24H32. The van der Waals surface area contributed by atoms with Crippen LogP contribution in [0, 0.1) is 0 Å². The van der Waals surface area contributed by atoms with Gasteiger partial charge in [0.2, 0.25) is 0 Å². The minimum atomic E-state index is 0.557. The first kappa shape index (κ1) is 18.5. The molecule has 0 heterocycles. The van der Waals surface area contributed by atoms with E-state index in [1.54, 1.807) is 0 Å². The number of rotatable bonds is 6. The van der Waals surface area contributed by atoms with Gasteiger partial charge in [-0.25, -0.2) is 0 Å². The molecule has 0 fully saturated rings. The Morgan fingerprint density at radius 3 is 1.75 bits per heavy atom. The van der Waals surface area contributed by atoms with E-state index in [0.29, 0.717) is 17.8 Å². The number of hydrogen-bond donors (Lipinski definition) is 0. The predicted molar refractivity (Wildman–Crippen MR) is 108 cm³/mol. The lowest BCUT2D eigenvalue weighted by Gasteiger charge is -2.22. The third-order valence-corrected chi connectivity index (χ3v) is 4.68. The Bertz CT molecular complexity index is 643. The van der Waals surface area contributed by atoms with Crippen molar-refractivity contribution in [3.8, 4) is 0 Å².